The minimum Gasteiger partial charge on any atom is -0.480 e. The summed E-state index contributed by atoms with van der Waals surface area (Å²) in [7, 11) is 0. The van der Waals surface area contributed by atoms with Gasteiger partial charge in [-0.15, -0.1) is 0 Å². The Morgan fingerprint density at radius 3 is 1.44 bits per heavy atom. The fraction of sp³-hybridized carbons (Fsp3) is 0.333. The molecule has 0 saturated heterocycles. The van der Waals surface area contributed by atoms with Gasteiger partial charge in [0.25, 0.3) is 0 Å². The van der Waals surface area contributed by atoms with E-state index in [-0.39, 0.29) is 5.91 Å². The molecule has 4 heteroatoms. The number of carboxylic acids is 1. The summed E-state index contributed by atoms with van der Waals surface area (Å²) in [6.07, 6.45) is 0. The first kappa shape index (κ1) is 22.4. The fourth-order valence-electron chi connectivity index (χ4n) is 2.40. The second-order valence-electron chi connectivity index (χ2n) is 4.82. The van der Waals surface area contributed by atoms with Gasteiger partial charge in [-0.25, -0.2) is 4.79 Å². The Morgan fingerprint density at radius 1 is 0.800 bits per heavy atom. The van der Waals surface area contributed by atoms with Crippen molar-refractivity contribution < 1.29 is 14.7 Å². The van der Waals surface area contributed by atoms with E-state index in [9.17, 15) is 14.7 Å². The van der Waals surface area contributed by atoms with Crippen LogP contribution in [0.25, 0.3) is 0 Å². The van der Waals surface area contributed by atoms with Gasteiger partial charge >= 0.3 is 5.97 Å². The molecule has 25 heavy (non-hydrogen) atoms. The number of aliphatic carboxylic acids is 1. The summed E-state index contributed by atoms with van der Waals surface area (Å²) in [4.78, 5) is 23.0. The molecule has 0 heterocycles. The molecule has 0 unspecified atom stereocenters. The molecule has 2 aromatic rings. The highest BCUT2D eigenvalue weighted by Crippen LogP contribution is 2.28. The molecule has 0 saturated carbocycles. The SMILES string of the molecule is CC.CC.CC(=O)N[C@H](C(=O)O)C(c1ccccc1)c1ccccc1. The van der Waals surface area contributed by atoms with Crippen LogP contribution in [0.4, 0.5) is 0 Å². The van der Waals surface area contributed by atoms with Gasteiger partial charge in [0.05, 0.1) is 0 Å². The molecule has 0 radical (unpaired) electrons. The van der Waals surface area contributed by atoms with Crippen molar-refractivity contribution in [3.63, 3.8) is 0 Å². The van der Waals surface area contributed by atoms with Crippen LogP contribution in [0.15, 0.2) is 60.7 Å². The normalized spacial score (nSPS) is 10.5. The smallest absolute Gasteiger partial charge is 0.327 e. The summed E-state index contributed by atoms with van der Waals surface area (Å²) in [5.74, 6) is -1.85. The maximum absolute atomic E-state index is 11.6. The average molecular weight is 343 g/mol. The van der Waals surface area contributed by atoms with E-state index in [1.807, 2.05) is 88.4 Å². The first-order chi connectivity index (χ1) is 12.1. The zero-order valence-corrected chi connectivity index (χ0v) is 15.7. The van der Waals surface area contributed by atoms with E-state index in [0.29, 0.717) is 0 Å². The lowest BCUT2D eigenvalue weighted by Gasteiger charge is -2.25. The molecule has 136 valence electrons. The van der Waals surface area contributed by atoms with Crippen LogP contribution < -0.4 is 5.32 Å². The highest BCUT2D eigenvalue weighted by atomic mass is 16.4. The number of nitrogens with one attached hydrogen (secondary N) is 1. The number of carbonyl (C=O) groups is 2. The monoisotopic (exact) mass is 343 g/mol. The molecule has 0 bridgehead atoms. The summed E-state index contributed by atoms with van der Waals surface area (Å²) < 4.78 is 0. The molecule has 1 atom stereocenters. The van der Waals surface area contributed by atoms with Crippen LogP contribution in [0.1, 0.15) is 51.7 Å². The maximum Gasteiger partial charge on any atom is 0.327 e. The van der Waals surface area contributed by atoms with Crippen LogP contribution >= 0.6 is 0 Å². The number of carbonyl (C=O) groups excluding carboxylic acids is 1. The van der Waals surface area contributed by atoms with Crippen molar-refractivity contribution in [2.24, 2.45) is 0 Å². The molecule has 2 aromatic carbocycles. The van der Waals surface area contributed by atoms with Crippen LogP contribution in [0, 0.1) is 0 Å². The third-order valence-corrected chi connectivity index (χ3v) is 3.28. The van der Waals surface area contributed by atoms with Crippen molar-refractivity contribution in [1.29, 1.82) is 0 Å². The minimum absolute atomic E-state index is 0.362. The quantitative estimate of drug-likeness (QED) is 0.842. The number of benzene rings is 2. The number of hydrogen-bond acceptors (Lipinski definition) is 2. The van der Waals surface area contributed by atoms with Crippen LogP contribution in [0.3, 0.4) is 0 Å². The third kappa shape index (κ3) is 7.21. The molecule has 0 aromatic heterocycles. The van der Waals surface area contributed by atoms with Gasteiger partial charge in [-0.3, -0.25) is 4.79 Å². The fourth-order valence-corrected chi connectivity index (χ4v) is 2.40. The zero-order chi connectivity index (χ0) is 19.2. The summed E-state index contributed by atoms with van der Waals surface area (Å²) in [5.41, 5.74) is 1.70. The maximum atomic E-state index is 11.6. The lowest BCUT2D eigenvalue weighted by molar-refractivity contribution is -0.141. The van der Waals surface area contributed by atoms with Crippen molar-refractivity contribution in [2.75, 3.05) is 0 Å². The lowest BCUT2D eigenvalue weighted by atomic mass is 9.85. The summed E-state index contributed by atoms with van der Waals surface area (Å²) in [6, 6.07) is 17.7. The van der Waals surface area contributed by atoms with Gasteiger partial charge in [-0.1, -0.05) is 88.4 Å². The molecule has 0 spiro atoms. The van der Waals surface area contributed by atoms with E-state index in [1.165, 1.54) is 6.92 Å². The summed E-state index contributed by atoms with van der Waals surface area (Å²) in [6.45, 7) is 9.32. The lowest BCUT2D eigenvalue weighted by Crippen LogP contribution is -2.44. The molecule has 0 aliphatic rings. The zero-order valence-electron chi connectivity index (χ0n) is 15.7. The molecule has 2 N–H and O–H groups in total. The first-order valence-electron chi connectivity index (χ1n) is 8.69. The molecule has 4 nitrogen and oxygen atoms in total. The Morgan fingerprint density at radius 2 is 1.16 bits per heavy atom. The second-order valence-corrected chi connectivity index (χ2v) is 4.82. The number of rotatable bonds is 5. The van der Waals surface area contributed by atoms with Crippen molar-refractivity contribution in [3.05, 3.63) is 71.8 Å². The van der Waals surface area contributed by atoms with Gasteiger partial charge in [-0.2, -0.15) is 0 Å². The Labute approximate surface area is 150 Å². The van der Waals surface area contributed by atoms with Gasteiger partial charge in [0.2, 0.25) is 5.91 Å². The van der Waals surface area contributed by atoms with Gasteiger partial charge in [0.1, 0.15) is 6.04 Å². The summed E-state index contributed by atoms with van der Waals surface area (Å²) >= 11 is 0. The van der Waals surface area contributed by atoms with Crippen molar-refractivity contribution >= 4 is 11.9 Å². The Balaban J connectivity index is 0.00000134. The van der Waals surface area contributed by atoms with Crippen molar-refractivity contribution in [3.8, 4) is 0 Å². The number of carboxylic acid groups (broad SMARTS) is 1. The Hall–Kier alpha value is -2.62. The molecular weight excluding hydrogens is 314 g/mol. The second kappa shape index (κ2) is 12.8. The topological polar surface area (TPSA) is 66.4 Å². The van der Waals surface area contributed by atoms with E-state index in [2.05, 4.69) is 5.32 Å². The first-order valence-corrected chi connectivity index (χ1v) is 8.69. The van der Waals surface area contributed by atoms with Gasteiger partial charge in [0.15, 0.2) is 0 Å². The molecular formula is C21H29NO3. The highest BCUT2D eigenvalue weighted by Gasteiger charge is 2.31. The standard InChI is InChI=1S/C17H17NO3.2C2H6/c1-12(19)18-16(17(20)21)15(13-8-4-2-5-9-13)14-10-6-3-7-11-14;2*1-2/h2-11,15-16H,1H3,(H,18,19)(H,20,21);2*1-2H3/t16-;;/m0../s1. The van der Waals surface area contributed by atoms with Gasteiger partial charge in [0, 0.05) is 12.8 Å². The van der Waals surface area contributed by atoms with Gasteiger partial charge in [-0.05, 0) is 11.1 Å². The molecule has 0 aliphatic heterocycles. The molecule has 1 amide bonds. The van der Waals surface area contributed by atoms with Crippen LogP contribution in [0.5, 0.6) is 0 Å². The van der Waals surface area contributed by atoms with Gasteiger partial charge < -0.3 is 10.4 Å². The van der Waals surface area contributed by atoms with Crippen molar-refractivity contribution in [2.45, 2.75) is 46.6 Å². The average Bonchev–Trinajstić information content (AvgIpc) is 2.66. The Bertz CT molecular complexity index is 572. The van der Waals surface area contributed by atoms with Crippen LogP contribution in [0.2, 0.25) is 0 Å². The van der Waals surface area contributed by atoms with E-state index in [1.54, 1.807) is 0 Å². The predicted molar refractivity (Wildman–Crippen MR) is 103 cm³/mol. The largest absolute Gasteiger partial charge is 0.480 e. The van der Waals surface area contributed by atoms with E-state index < -0.39 is 17.9 Å². The van der Waals surface area contributed by atoms with E-state index in [4.69, 9.17) is 0 Å². The third-order valence-electron chi connectivity index (χ3n) is 3.28. The minimum atomic E-state index is -1.05. The van der Waals surface area contributed by atoms with E-state index >= 15 is 0 Å². The van der Waals surface area contributed by atoms with Crippen molar-refractivity contribution in [1.82, 2.24) is 5.32 Å². The number of amides is 1. The van der Waals surface area contributed by atoms with E-state index in [0.717, 1.165) is 11.1 Å². The number of hydrogen-bond donors (Lipinski definition) is 2. The molecule has 2 rings (SSSR count). The Kier molecular flexibility index (Phi) is 11.4. The highest BCUT2D eigenvalue weighted by molar-refractivity contribution is 5.83. The summed E-state index contributed by atoms with van der Waals surface area (Å²) in [5, 5.41) is 12.0. The van der Waals surface area contributed by atoms with Crippen LogP contribution in [-0.4, -0.2) is 23.0 Å². The molecule has 0 aliphatic carbocycles. The van der Waals surface area contributed by atoms with Crippen LogP contribution in [-0.2, 0) is 9.59 Å². The molecule has 0 fully saturated rings. The predicted octanol–water partition coefficient (Wildman–Crippen LogP) is 4.46.